The highest BCUT2D eigenvalue weighted by Gasteiger charge is 2.35. The van der Waals surface area contributed by atoms with Crippen LogP contribution in [0.3, 0.4) is 0 Å². The third-order valence-electron chi connectivity index (χ3n) is 2.83. The van der Waals surface area contributed by atoms with E-state index in [1.54, 1.807) is 6.07 Å². The van der Waals surface area contributed by atoms with Crippen LogP contribution in [0.1, 0.15) is 17.3 Å². The summed E-state index contributed by atoms with van der Waals surface area (Å²) in [6.45, 7) is 0. The summed E-state index contributed by atoms with van der Waals surface area (Å²) in [5.41, 5.74) is 2.27. The van der Waals surface area contributed by atoms with E-state index in [4.69, 9.17) is 0 Å². The maximum atomic E-state index is 13.3. The zero-order chi connectivity index (χ0) is 16.3. The Kier molecular flexibility index (Phi) is 4.39. The molecule has 0 atom stereocenters. The summed E-state index contributed by atoms with van der Waals surface area (Å²) in [4.78, 5) is 0. The van der Waals surface area contributed by atoms with Gasteiger partial charge in [-0.3, -0.25) is 0 Å². The first-order valence-corrected chi connectivity index (χ1v) is 8.01. The fourth-order valence-electron chi connectivity index (χ4n) is 1.92. The summed E-state index contributed by atoms with van der Waals surface area (Å²) in [5, 5.41) is 21.5. The fraction of sp³-hybridized carbons (Fsp3) is 0.167. The molecule has 0 radical (unpaired) electrons. The van der Waals surface area contributed by atoms with Gasteiger partial charge in [0.15, 0.2) is 0 Å². The van der Waals surface area contributed by atoms with Crippen molar-refractivity contribution in [1.82, 2.24) is 20.4 Å². The molecule has 0 aliphatic carbocycles. The van der Waals surface area contributed by atoms with Crippen LogP contribution < -0.4 is 10.6 Å². The molecule has 2 N–H and O–H groups in total. The van der Waals surface area contributed by atoms with Crippen LogP contribution in [0.5, 0.6) is 0 Å². The molecule has 6 nitrogen and oxygen atoms in total. The summed E-state index contributed by atoms with van der Waals surface area (Å²) in [5.74, 6) is 0. The number of halogens is 3. The summed E-state index contributed by atoms with van der Waals surface area (Å²) < 4.78 is 39.8. The van der Waals surface area contributed by atoms with Gasteiger partial charge in [-0.05, 0) is 6.07 Å². The lowest BCUT2D eigenvalue weighted by atomic mass is 10.0. The molecule has 0 bridgehead atoms. The van der Waals surface area contributed by atoms with E-state index >= 15 is 0 Å². The smallest absolute Gasteiger partial charge is 0.336 e. The normalized spacial score (nSPS) is 11.7. The predicted octanol–water partition coefficient (Wildman–Crippen LogP) is 3.63. The zero-order valence-electron chi connectivity index (χ0n) is 11.3. The number of alkyl halides is 3. The van der Waals surface area contributed by atoms with Crippen LogP contribution in [0.4, 0.5) is 23.4 Å². The average Bonchev–Trinajstić information content (AvgIpc) is 3.19. The number of hydrogen-bond acceptors (Lipinski definition) is 8. The number of nitrogens with zero attached hydrogens (tertiary/aromatic N) is 4. The van der Waals surface area contributed by atoms with Gasteiger partial charge in [0.05, 0.1) is 5.56 Å². The highest BCUT2D eigenvalue weighted by atomic mass is 32.1. The summed E-state index contributed by atoms with van der Waals surface area (Å²) in [6, 6.07) is 5.32. The molecule has 0 unspecified atom stereocenters. The maximum absolute atomic E-state index is 13.3. The molecule has 23 heavy (non-hydrogen) atoms. The van der Waals surface area contributed by atoms with E-state index in [0.29, 0.717) is 10.3 Å². The number of rotatable bonds is 5. The average molecular weight is 358 g/mol. The first kappa shape index (κ1) is 15.6. The van der Waals surface area contributed by atoms with Crippen LogP contribution in [0.2, 0.25) is 0 Å². The van der Waals surface area contributed by atoms with E-state index in [0.717, 1.165) is 6.07 Å². The SMILES string of the molecule is FC(F)(F)c1ccccc1C(Nc1nncs1)Nc1nncs1. The molecule has 3 aromatic rings. The number of benzene rings is 1. The maximum Gasteiger partial charge on any atom is 0.416 e. The predicted molar refractivity (Wildman–Crippen MR) is 81.2 cm³/mol. The molecule has 2 heterocycles. The minimum absolute atomic E-state index is 0.0328. The second kappa shape index (κ2) is 6.46. The number of anilines is 2. The minimum atomic E-state index is -4.47. The molecule has 0 spiro atoms. The van der Waals surface area contributed by atoms with Crippen molar-refractivity contribution in [2.24, 2.45) is 0 Å². The van der Waals surface area contributed by atoms with E-state index in [-0.39, 0.29) is 5.56 Å². The van der Waals surface area contributed by atoms with E-state index in [1.807, 2.05) is 0 Å². The van der Waals surface area contributed by atoms with E-state index < -0.39 is 17.9 Å². The molecule has 0 aliphatic rings. The molecular formula is C12H9F3N6S2. The van der Waals surface area contributed by atoms with Crippen LogP contribution in [-0.2, 0) is 6.18 Å². The van der Waals surface area contributed by atoms with Gasteiger partial charge in [0.1, 0.15) is 17.2 Å². The Bertz CT molecular complexity index is 708. The second-order valence-electron chi connectivity index (χ2n) is 4.29. The lowest BCUT2D eigenvalue weighted by Gasteiger charge is -2.23. The third kappa shape index (κ3) is 3.74. The number of hydrogen-bond donors (Lipinski definition) is 2. The number of aromatic nitrogens is 4. The van der Waals surface area contributed by atoms with Crippen molar-refractivity contribution in [3.05, 3.63) is 46.4 Å². The van der Waals surface area contributed by atoms with E-state index in [1.165, 1.54) is 45.8 Å². The molecule has 2 aromatic heterocycles. The van der Waals surface area contributed by atoms with Crippen LogP contribution in [0.25, 0.3) is 0 Å². The fourth-order valence-corrected chi connectivity index (χ4v) is 2.87. The Morgan fingerprint density at radius 2 is 1.48 bits per heavy atom. The van der Waals surface area contributed by atoms with Gasteiger partial charge in [-0.1, -0.05) is 40.9 Å². The van der Waals surface area contributed by atoms with Crippen molar-refractivity contribution in [2.45, 2.75) is 12.3 Å². The zero-order valence-corrected chi connectivity index (χ0v) is 12.9. The highest BCUT2D eigenvalue weighted by Crippen LogP contribution is 2.36. The van der Waals surface area contributed by atoms with Gasteiger partial charge in [-0.2, -0.15) is 13.2 Å². The highest BCUT2D eigenvalue weighted by molar-refractivity contribution is 7.13. The van der Waals surface area contributed by atoms with E-state index in [9.17, 15) is 13.2 Å². The standard InChI is InChI=1S/C12H9F3N6S2/c13-12(14,15)8-4-2-1-3-7(8)9(18-10-20-16-5-22-10)19-11-21-17-6-23-11/h1-6,9H,(H,18,20)(H,19,21). The Labute approximate surface area is 136 Å². The van der Waals surface area contributed by atoms with Gasteiger partial charge in [0, 0.05) is 5.56 Å². The Balaban J connectivity index is 1.97. The number of nitrogens with one attached hydrogen (secondary N) is 2. The molecule has 11 heteroatoms. The molecule has 0 fully saturated rings. The first-order valence-electron chi connectivity index (χ1n) is 6.25. The van der Waals surface area contributed by atoms with Crippen molar-refractivity contribution < 1.29 is 13.2 Å². The van der Waals surface area contributed by atoms with Gasteiger partial charge in [0.25, 0.3) is 0 Å². The summed E-state index contributed by atoms with van der Waals surface area (Å²) >= 11 is 2.37. The van der Waals surface area contributed by atoms with E-state index in [2.05, 4.69) is 31.0 Å². The quantitative estimate of drug-likeness (QED) is 0.679. The third-order valence-corrected chi connectivity index (χ3v) is 4.08. The molecule has 3 rings (SSSR count). The Hall–Kier alpha value is -2.27. The lowest BCUT2D eigenvalue weighted by Crippen LogP contribution is -2.23. The molecule has 0 saturated heterocycles. The summed E-state index contributed by atoms with van der Waals surface area (Å²) in [7, 11) is 0. The summed E-state index contributed by atoms with van der Waals surface area (Å²) in [6.07, 6.45) is -5.35. The van der Waals surface area contributed by atoms with Crippen molar-refractivity contribution in [1.29, 1.82) is 0 Å². The van der Waals surface area contributed by atoms with Gasteiger partial charge in [-0.15, -0.1) is 20.4 Å². The van der Waals surface area contributed by atoms with Crippen LogP contribution in [0.15, 0.2) is 35.3 Å². The van der Waals surface area contributed by atoms with Gasteiger partial charge < -0.3 is 10.6 Å². The monoisotopic (exact) mass is 358 g/mol. The first-order chi connectivity index (χ1) is 11.0. The molecule has 0 saturated carbocycles. The molecule has 0 aliphatic heterocycles. The topological polar surface area (TPSA) is 75.6 Å². The largest absolute Gasteiger partial charge is 0.416 e. The Morgan fingerprint density at radius 1 is 0.913 bits per heavy atom. The van der Waals surface area contributed by atoms with Crippen molar-refractivity contribution in [3.63, 3.8) is 0 Å². The molecule has 0 amide bonds. The van der Waals surface area contributed by atoms with Crippen LogP contribution in [-0.4, -0.2) is 20.4 Å². The molecule has 120 valence electrons. The van der Waals surface area contributed by atoms with Gasteiger partial charge in [0.2, 0.25) is 10.3 Å². The van der Waals surface area contributed by atoms with Crippen LogP contribution >= 0.6 is 22.7 Å². The molecular weight excluding hydrogens is 349 g/mol. The van der Waals surface area contributed by atoms with Crippen molar-refractivity contribution >= 4 is 32.9 Å². The lowest BCUT2D eigenvalue weighted by molar-refractivity contribution is -0.138. The van der Waals surface area contributed by atoms with Crippen LogP contribution in [0, 0.1) is 0 Å². The van der Waals surface area contributed by atoms with Gasteiger partial charge >= 0.3 is 6.18 Å². The van der Waals surface area contributed by atoms with Gasteiger partial charge in [-0.25, -0.2) is 0 Å². The Morgan fingerprint density at radius 3 is 1.96 bits per heavy atom. The minimum Gasteiger partial charge on any atom is -0.336 e. The van der Waals surface area contributed by atoms with Crippen molar-refractivity contribution in [3.8, 4) is 0 Å². The van der Waals surface area contributed by atoms with Crippen molar-refractivity contribution in [2.75, 3.05) is 10.6 Å². The molecule has 1 aromatic carbocycles. The second-order valence-corrected chi connectivity index (χ2v) is 5.96.